The Morgan fingerprint density at radius 1 is 1.13 bits per heavy atom. The summed E-state index contributed by atoms with van der Waals surface area (Å²) in [5.41, 5.74) is 2.34. The highest BCUT2D eigenvalue weighted by Crippen LogP contribution is 2.31. The first kappa shape index (κ1) is 14.1. The Balaban J connectivity index is 1.59. The molecule has 1 amide bonds. The van der Waals surface area contributed by atoms with Gasteiger partial charge >= 0.3 is 0 Å². The lowest BCUT2D eigenvalue weighted by Crippen LogP contribution is -2.16. The van der Waals surface area contributed by atoms with E-state index in [1.165, 1.54) is 12.8 Å². The molecule has 3 heterocycles. The molecule has 1 saturated heterocycles. The van der Waals surface area contributed by atoms with Crippen LogP contribution in [0.1, 0.15) is 23.2 Å². The lowest BCUT2D eigenvalue weighted by atomic mass is 10.2. The third-order valence-electron chi connectivity index (χ3n) is 3.95. The van der Waals surface area contributed by atoms with Crippen molar-refractivity contribution in [2.75, 3.05) is 23.3 Å². The van der Waals surface area contributed by atoms with E-state index in [9.17, 15) is 4.79 Å². The number of fused-ring (bicyclic) bond motifs is 1. The summed E-state index contributed by atoms with van der Waals surface area (Å²) in [7, 11) is 0. The fraction of sp³-hybridized carbons (Fsp3) is 0.235. The number of nitrogens with zero attached hydrogens (tertiary/aromatic N) is 3. The first-order valence-electron chi connectivity index (χ1n) is 7.66. The summed E-state index contributed by atoms with van der Waals surface area (Å²) >= 11 is 1.66. The van der Waals surface area contributed by atoms with Crippen LogP contribution in [0.5, 0.6) is 0 Å². The topological polar surface area (TPSA) is 58.1 Å². The van der Waals surface area contributed by atoms with Crippen LogP contribution < -0.4 is 10.2 Å². The Morgan fingerprint density at radius 2 is 1.91 bits per heavy atom. The number of rotatable bonds is 3. The van der Waals surface area contributed by atoms with Crippen LogP contribution in [-0.4, -0.2) is 29.0 Å². The molecule has 0 radical (unpaired) electrons. The number of aromatic nitrogens is 2. The molecule has 3 aromatic rings. The quantitative estimate of drug-likeness (QED) is 0.800. The van der Waals surface area contributed by atoms with Gasteiger partial charge in [0, 0.05) is 36.7 Å². The molecule has 0 spiro atoms. The molecular formula is C17H16N4OS. The van der Waals surface area contributed by atoms with Crippen LogP contribution in [0.15, 0.2) is 42.7 Å². The normalized spacial score (nSPS) is 14.3. The van der Waals surface area contributed by atoms with Crippen molar-refractivity contribution in [3.05, 3.63) is 48.3 Å². The molecule has 4 rings (SSSR count). The molecule has 0 saturated carbocycles. The smallest absolute Gasteiger partial charge is 0.255 e. The number of pyridine rings is 1. The number of anilines is 2. The number of benzene rings is 1. The number of hydrogen-bond acceptors (Lipinski definition) is 5. The fourth-order valence-corrected chi connectivity index (χ4v) is 3.79. The summed E-state index contributed by atoms with van der Waals surface area (Å²) in [6.07, 6.45) is 5.78. The summed E-state index contributed by atoms with van der Waals surface area (Å²) in [5.74, 6) is -0.116. The minimum Gasteiger partial charge on any atom is -0.348 e. The molecule has 1 aliphatic heterocycles. The van der Waals surface area contributed by atoms with Crippen LogP contribution in [0, 0.1) is 0 Å². The maximum atomic E-state index is 12.4. The standard InChI is InChI=1S/C17H16N4OS/c22-16(19-13-5-7-18-8-6-13)12-3-4-14-15(11-12)23-17(20-14)21-9-1-2-10-21/h3-8,11H,1-2,9-10H2,(H,18,19,22). The minimum atomic E-state index is -0.116. The molecule has 0 bridgehead atoms. The summed E-state index contributed by atoms with van der Waals surface area (Å²) in [6, 6.07) is 9.21. The molecule has 1 aliphatic rings. The summed E-state index contributed by atoms with van der Waals surface area (Å²) < 4.78 is 1.05. The van der Waals surface area contributed by atoms with Gasteiger partial charge in [-0.15, -0.1) is 0 Å². The Bertz CT molecular complexity index is 840. The second-order valence-corrected chi connectivity index (χ2v) is 6.57. The molecule has 116 valence electrons. The van der Waals surface area contributed by atoms with E-state index in [1.54, 1.807) is 35.9 Å². The van der Waals surface area contributed by atoms with Gasteiger partial charge in [-0.2, -0.15) is 0 Å². The maximum absolute atomic E-state index is 12.4. The van der Waals surface area contributed by atoms with Gasteiger partial charge in [0.05, 0.1) is 10.2 Å². The van der Waals surface area contributed by atoms with Crippen molar-refractivity contribution in [3.63, 3.8) is 0 Å². The van der Waals surface area contributed by atoms with Crippen molar-refractivity contribution in [2.45, 2.75) is 12.8 Å². The highest BCUT2D eigenvalue weighted by Gasteiger charge is 2.17. The zero-order valence-corrected chi connectivity index (χ0v) is 13.3. The van der Waals surface area contributed by atoms with Gasteiger partial charge in [0.1, 0.15) is 0 Å². The van der Waals surface area contributed by atoms with E-state index in [4.69, 9.17) is 0 Å². The molecule has 0 atom stereocenters. The van der Waals surface area contributed by atoms with Crippen molar-refractivity contribution >= 4 is 38.3 Å². The predicted molar refractivity (Wildman–Crippen MR) is 93.3 cm³/mol. The molecule has 2 aromatic heterocycles. The van der Waals surface area contributed by atoms with Crippen molar-refractivity contribution in [1.82, 2.24) is 9.97 Å². The number of hydrogen-bond donors (Lipinski definition) is 1. The first-order chi connectivity index (χ1) is 11.3. The lowest BCUT2D eigenvalue weighted by molar-refractivity contribution is 0.102. The van der Waals surface area contributed by atoms with Gasteiger partial charge in [-0.05, 0) is 43.2 Å². The lowest BCUT2D eigenvalue weighted by Gasteiger charge is -2.11. The van der Waals surface area contributed by atoms with Gasteiger partial charge in [0.25, 0.3) is 5.91 Å². The van der Waals surface area contributed by atoms with Crippen molar-refractivity contribution < 1.29 is 4.79 Å². The van der Waals surface area contributed by atoms with Gasteiger partial charge in [-0.1, -0.05) is 11.3 Å². The van der Waals surface area contributed by atoms with Gasteiger partial charge in [0.15, 0.2) is 5.13 Å². The summed E-state index contributed by atoms with van der Waals surface area (Å²) in [4.78, 5) is 23.3. The second kappa shape index (κ2) is 5.96. The number of nitrogens with one attached hydrogen (secondary N) is 1. The van der Waals surface area contributed by atoms with E-state index < -0.39 is 0 Å². The molecule has 1 N–H and O–H groups in total. The molecule has 1 aromatic carbocycles. The minimum absolute atomic E-state index is 0.116. The Morgan fingerprint density at radius 3 is 2.70 bits per heavy atom. The van der Waals surface area contributed by atoms with Crippen LogP contribution in [0.25, 0.3) is 10.2 Å². The fourth-order valence-electron chi connectivity index (χ4n) is 2.74. The SMILES string of the molecule is O=C(Nc1ccncc1)c1ccc2nc(N3CCCC3)sc2c1. The number of carbonyl (C=O) groups is 1. The van der Waals surface area contributed by atoms with E-state index in [-0.39, 0.29) is 5.91 Å². The Kier molecular flexibility index (Phi) is 3.67. The maximum Gasteiger partial charge on any atom is 0.255 e. The van der Waals surface area contributed by atoms with Crippen LogP contribution in [0.3, 0.4) is 0 Å². The number of carbonyl (C=O) groups excluding carboxylic acids is 1. The zero-order valence-electron chi connectivity index (χ0n) is 12.5. The average molecular weight is 324 g/mol. The van der Waals surface area contributed by atoms with Gasteiger partial charge < -0.3 is 10.2 Å². The molecule has 6 heteroatoms. The molecule has 0 aliphatic carbocycles. The number of thiazole rings is 1. The molecule has 5 nitrogen and oxygen atoms in total. The van der Waals surface area contributed by atoms with E-state index >= 15 is 0 Å². The van der Waals surface area contributed by atoms with Crippen molar-refractivity contribution in [3.8, 4) is 0 Å². The van der Waals surface area contributed by atoms with E-state index in [0.29, 0.717) is 5.56 Å². The van der Waals surface area contributed by atoms with Gasteiger partial charge in [-0.25, -0.2) is 4.98 Å². The highest BCUT2D eigenvalue weighted by molar-refractivity contribution is 7.22. The average Bonchev–Trinajstić information content (AvgIpc) is 3.24. The molecular weight excluding hydrogens is 308 g/mol. The Labute approximate surface area is 138 Å². The number of amides is 1. The monoisotopic (exact) mass is 324 g/mol. The predicted octanol–water partition coefficient (Wildman–Crippen LogP) is 3.54. The van der Waals surface area contributed by atoms with Crippen molar-refractivity contribution in [2.24, 2.45) is 0 Å². The molecule has 1 fully saturated rings. The molecule has 0 unspecified atom stereocenters. The van der Waals surface area contributed by atoms with Crippen LogP contribution >= 0.6 is 11.3 Å². The van der Waals surface area contributed by atoms with Crippen LogP contribution in [0.2, 0.25) is 0 Å². The Hall–Kier alpha value is -2.47. The van der Waals surface area contributed by atoms with Crippen LogP contribution in [0.4, 0.5) is 10.8 Å². The first-order valence-corrected chi connectivity index (χ1v) is 8.48. The van der Waals surface area contributed by atoms with E-state index in [2.05, 4.69) is 20.2 Å². The van der Waals surface area contributed by atoms with E-state index in [1.807, 2.05) is 18.2 Å². The highest BCUT2D eigenvalue weighted by atomic mass is 32.1. The largest absolute Gasteiger partial charge is 0.348 e. The molecule has 23 heavy (non-hydrogen) atoms. The van der Waals surface area contributed by atoms with E-state index in [0.717, 1.165) is 34.1 Å². The summed E-state index contributed by atoms with van der Waals surface area (Å²) in [5, 5.41) is 3.94. The summed E-state index contributed by atoms with van der Waals surface area (Å²) in [6.45, 7) is 2.16. The van der Waals surface area contributed by atoms with Gasteiger partial charge in [-0.3, -0.25) is 9.78 Å². The van der Waals surface area contributed by atoms with Crippen LogP contribution in [-0.2, 0) is 0 Å². The third kappa shape index (κ3) is 2.90. The van der Waals surface area contributed by atoms with Gasteiger partial charge in [0.2, 0.25) is 0 Å². The zero-order chi connectivity index (χ0) is 15.6. The second-order valence-electron chi connectivity index (χ2n) is 5.56. The van der Waals surface area contributed by atoms with Crippen molar-refractivity contribution in [1.29, 1.82) is 0 Å². The third-order valence-corrected chi connectivity index (χ3v) is 5.03.